The number of carbonyl (C=O) groups is 2. The Balaban J connectivity index is 2.70. The Morgan fingerprint density at radius 1 is 1.15 bits per heavy atom. The van der Waals surface area contributed by atoms with Crippen molar-refractivity contribution in [2.75, 3.05) is 20.0 Å². The van der Waals surface area contributed by atoms with Crippen molar-refractivity contribution in [1.82, 2.24) is 0 Å². The summed E-state index contributed by atoms with van der Waals surface area (Å²) in [6.45, 7) is 12.3. The number of thioether (sulfide) groups is 1. The van der Waals surface area contributed by atoms with Gasteiger partial charge in [0, 0.05) is 24.5 Å². The van der Waals surface area contributed by atoms with E-state index < -0.39 is 9.04 Å². The van der Waals surface area contributed by atoms with Crippen molar-refractivity contribution in [2.45, 2.75) is 91.7 Å². The predicted molar refractivity (Wildman–Crippen MR) is 149 cm³/mol. The lowest BCUT2D eigenvalue weighted by Gasteiger charge is -2.28. The number of Topliss-reactive ketones (excluding diaryl/α,β-unsaturated/α-hetero) is 1. The number of ether oxygens (including phenoxy) is 1. The molecule has 2 unspecified atom stereocenters. The molecule has 0 aromatic heterocycles. The highest BCUT2D eigenvalue weighted by atomic mass is 32.2. The number of rotatable bonds is 16. The molecule has 1 rings (SSSR count). The Morgan fingerprint density at radius 3 is 2.47 bits per heavy atom. The van der Waals surface area contributed by atoms with Gasteiger partial charge in [0.1, 0.15) is 0 Å². The van der Waals surface area contributed by atoms with E-state index >= 15 is 0 Å². The minimum Gasteiger partial charge on any atom is -0.469 e. The van der Waals surface area contributed by atoms with Crippen LogP contribution in [0.15, 0.2) is 34.8 Å². The van der Waals surface area contributed by atoms with Crippen LogP contribution in [0.25, 0.3) is 0 Å². The Kier molecular flexibility index (Phi) is 15.0. The topological polar surface area (TPSA) is 52.6 Å². The lowest BCUT2D eigenvalue weighted by Crippen LogP contribution is -2.19. The number of unbranched alkanes of at least 4 members (excludes halogenated alkanes) is 5. The molecular weight excluding hydrogens is 460 g/mol. The van der Waals surface area contributed by atoms with E-state index in [9.17, 15) is 9.59 Å². The van der Waals surface area contributed by atoms with Gasteiger partial charge in [0.05, 0.1) is 12.0 Å². The zero-order chi connectivity index (χ0) is 25.6. The molecule has 0 aliphatic heterocycles. The number of methoxy groups -OCH3 is 1. The van der Waals surface area contributed by atoms with Crippen LogP contribution < -0.4 is 0 Å². The number of hydrogen-bond donors (Lipinski definition) is 0. The highest BCUT2D eigenvalue weighted by molar-refractivity contribution is 8.03. The fourth-order valence-corrected chi connectivity index (χ4v) is 5.38. The first-order chi connectivity index (χ1) is 16.1. The van der Waals surface area contributed by atoms with Gasteiger partial charge in [-0.1, -0.05) is 64.3 Å². The van der Waals surface area contributed by atoms with E-state index in [2.05, 4.69) is 58.2 Å². The fraction of sp³-hybridized carbons (Fsp3) is 0.714. The van der Waals surface area contributed by atoms with E-state index in [0.717, 1.165) is 55.6 Å². The van der Waals surface area contributed by atoms with E-state index in [4.69, 9.17) is 9.16 Å². The molecule has 2 atom stereocenters. The zero-order valence-electron chi connectivity index (χ0n) is 22.7. The molecule has 0 fully saturated rings. The second-order valence-corrected chi connectivity index (χ2v) is 13.8. The summed E-state index contributed by atoms with van der Waals surface area (Å²) >= 11 is 1.54. The van der Waals surface area contributed by atoms with E-state index in [1.807, 2.05) is 6.26 Å². The average molecular weight is 509 g/mol. The second kappa shape index (κ2) is 16.5. The lowest BCUT2D eigenvalue weighted by molar-refractivity contribution is -0.140. The summed E-state index contributed by atoms with van der Waals surface area (Å²) in [6.07, 6.45) is 19.7. The smallest absolute Gasteiger partial charge is 0.305 e. The molecule has 0 saturated carbocycles. The summed E-state index contributed by atoms with van der Waals surface area (Å²) in [5, 5.41) is 0. The Bertz CT molecular complexity index is 718. The molecule has 0 saturated heterocycles. The molecule has 6 heteroatoms. The van der Waals surface area contributed by atoms with Crippen molar-refractivity contribution in [2.24, 2.45) is 17.3 Å². The molecule has 0 amide bonds. The van der Waals surface area contributed by atoms with E-state index in [-0.39, 0.29) is 23.1 Å². The first-order valence-corrected chi connectivity index (χ1v) is 17.0. The zero-order valence-corrected chi connectivity index (χ0v) is 24.6. The number of allylic oxidation sites excluding steroid dienone is 6. The maximum Gasteiger partial charge on any atom is 0.305 e. The molecule has 0 spiro atoms. The summed E-state index contributed by atoms with van der Waals surface area (Å²) < 4.78 is 10.5. The maximum atomic E-state index is 12.9. The highest BCUT2D eigenvalue weighted by Crippen LogP contribution is 2.36. The van der Waals surface area contributed by atoms with Gasteiger partial charge in [0.25, 0.3) is 0 Å². The summed E-state index contributed by atoms with van der Waals surface area (Å²) in [6, 6.07) is 0. The van der Waals surface area contributed by atoms with Crippen molar-refractivity contribution >= 4 is 32.6 Å². The van der Waals surface area contributed by atoms with E-state index in [0.29, 0.717) is 12.3 Å². The van der Waals surface area contributed by atoms with Gasteiger partial charge >= 0.3 is 5.97 Å². The van der Waals surface area contributed by atoms with Crippen LogP contribution in [0.1, 0.15) is 78.6 Å². The molecular formula is C28H48O4SSi. The van der Waals surface area contributed by atoms with Crippen LogP contribution in [0.2, 0.25) is 13.1 Å². The Morgan fingerprint density at radius 2 is 1.85 bits per heavy atom. The number of hydrogen-bond acceptors (Lipinski definition) is 5. The molecule has 194 valence electrons. The lowest BCUT2D eigenvalue weighted by atomic mass is 9.77. The molecule has 34 heavy (non-hydrogen) atoms. The van der Waals surface area contributed by atoms with Crippen LogP contribution in [-0.2, 0) is 18.8 Å². The minimum atomic E-state index is -0.903. The van der Waals surface area contributed by atoms with Gasteiger partial charge in [0.15, 0.2) is 14.8 Å². The predicted octanol–water partition coefficient (Wildman–Crippen LogP) is 7.26. The van der Waals surface area contributed by atoms with Gasteiger partial charge in [-0.2, -0.15) is 0 Å². The van der Waals surface area contributed by atoms with Crippen LogP contribution in [0.3, 0.4) is 0 Å². The standard InChI is InChI=1S/C28H48O4SSi/c1-28(2,3)23(15-11-10-14-20-32-34(6)7)19-18-22-21-25(33-5)27(30)24(22)16-12-8-9-13-17-26(29)31-4/h16,18-19,21-23,34H,8-15,17,20H2,1-7H3. The van der Waals surface area contributed by atoms with Gasteiger partial charge in [0.2, 0.25) is 0 Å². The van der Waals surface area contributed by atoms with Gasteiger partial charge in [-0.05, 0) is 62.8 Å². The third kappa shape index (κ3) is 12.0. The van der Waals surface area contributed by atoms with Crippen molar-refractivity contribution in [3.8, 4) is 0 Å². The molecule has 0 heterocycles. The van der Waals surface area contributed by atoms with Crippen molar-refractivity contribution in [1.29, 1.82) is 0 Å². The third-order valence-electron chi connectivity index (χ3n) is 6.35. The van der Waals surface area contributed by atoms with E-state index in [1.54, 1.807) is 11.8 Å². The first kappa shape index (κ1) is 30.9. The maximum absolute atomic E-state index is 12.9. The number of ketones is 1. The quantitative estimate of drug-likeness (QED) is 0.0722. The summed E-state index contributed by atoms with van der Waals surface area (Å²) in [4.78, 5) is 25.0. The average Bonchev–Trinajstić information content (AvgIpc) is 3.08. The molecule has 0 N–H and O–H groups in total. The van der Waals surface area contributed by atoms with Gasteiger partial charge in [-0.25, -0.2) is 0 Å². The van der Waals surface area contributed by atoms with Crippen molar-refractivity contribution in [3.05, 3.63) is 34.8 Å². The SMILES string of the molecule is COC(=O)CCCCCC=C1C(=O)C(SC)=CC1C=CC(CCCCCO[SiH](C)C)C(C)(C)C. The van der Waals surface area contributed by atoms with Crippen LogP contribution >= 0.6 is 11.8 Å². The van der Waals surface area contributed by atoms with Crippen molar-refractivity contribution < 1.29 is 18.8 Å². The van der Waals surface area contributed by atoms with Crippen LogP contribution in [0.4, 0.5) is 0 Å². The van der Waals surface area contributed by atoms with Crippen LogP contribution in [0.5, 0.6) is 0 Å². The van der Waals surface area contributed by atoms with Crippen LogP contribution in [-0.4, -0.2) is 40.8 Å². The summed E-state index contributed by atoms with van der Waals surface area (Å²) in [5.74, 6) is 0.577. The second-order valence-electron chi connectivity index (χ2n) is 10.6. The van der Waals surface area contributed by atoms with Gasteiger partial charge in [-0.3, -0.25) is 9.59 Å². The van der Waals surface area contributed by atoms with E-state index in [1.165, 1.54) is 20.0 Å². The Hall–Kier alpha value is -1.11. The molecule has 1 aliphatic rings. The normalized spacial score (nSPS) is 18.8. The molecule has 1 aliphatic carbocycles. The summed E-state index contributed by atoms with van der Waals surface area (Å²) in [5.41, 5.74) is 1.10. The molecule has 0 aromatic rings. The highest BCUT2D eigenvalue weighted by Gasteiger charge is 2.28. The monoisotopic (exact) mass is 508 g/mol. The minimum absolute atomic E-state index is 0.0688. The fourth-order valence-electron chi connectivity index (χ4n) is 4.15. The molecule has 0 radical (unpaired) electrons. The largest absolute Gasteiger partial charge is 0.469 e. The first-order valence-electron chi connectivity index (χ1n) is 13.0. The number of carbonyl (C=O) groups excluding carboxylic acids is 2. The van der Waals surface area contributed by atoms with Crippen LogP contribution in [0, 0.1) is 17.3 Å². The Labute approximate surface area is 214 Å². The van der Waals surface area contributed by atoms with Crippen molar-refractivity contribution in [3.63, 3.8) is 0 Å². The van der Waals surface area contributed by atoms with Gasteiger partial charge < -0.3 is 9.16 Å². The molecule has 0 bridgehead atoms. The number of esters is 1. The van der Waals surface area contributed by atoms with Gasteiger partial charge in [-0.15, -0.1) is 11.8 Å². The summed E-state index contributed by atoms with van der Waals surface area (Å²) in [7, 11) is 0.524. The molecule has 4 nitrogen and oxygen atoms in total. The molecule has 0 aromatic carbocycles. The third-order valence-corrected chi connectivity index (χ3v) is 8.01.